The number of nitrogens with one attached hydrogen (secondary N) is 1. The minimum atomic E-state index is -0.336. The normalized spacial score (nSPS) is 16.3. The second-order valence-electron chi connectivity index (χ2n) is 6.29. The largest absolute Gasteiger partial charge is 0.376 e. The molecule has 27 heavy (non-hydrogen) atoms. The van der Waals surface area contributed by atoms with Crippen LogP contribution < -0.4 is 5.32 Å². The lowest BCUT2D eigenvalue weighted by Crippen LogP contribution is -2.42. The van der Waals surface area contributed by atoms with Crippen molar-refractivity contribution in [2.75, 3.05) is 25.0 Å². The molecule has 1 fully saturated rings. The quantitative estimate of drug-likeness (QED) is 0.755. The molecular formula is C18H19Cl2N3O3S. The first-order valence-electron chi connectivity index (χ1n) is 8.50. The molecule has 1 aromatic heterocycles. The van der Waals surface area contributed by atoms with E-state index in [9.17, 15) is 9.59 Å². The van der Waals surface area contributed by atoms with Crippen LogP contribution in [0.1, 0.15) is 28.9 Å². The maximum absolute atomic E-state index is 13.0. The van der Waals surface area contributed by atoms with E-state index in [-0.39, 0.29) is 29.5 Å². The Kier molecular flexibility index (Phi) is 6.70. The Morgan fingerprint density at radius 2 is 2.22 bits per heavy atom. The van der Waals surface area contributed by atoms with Crippen molar-refractivity contribution in [3.05, 3.63) is 44.9 Å². The Morgan fingerprint density at radius 1 is 1.41 bits per heavy atom. The summed E-state index contributed by atoms with van der Waals surface area (Å²) in [4.78, 5) is 31.1. The molecule has 1 aromatic carbocycles. The van der Waals surface area contributed by atoms with E-state index in [0.29, 0.717) is 28.9 Å². The highest BCUT2D eigenvalue weighted by Gasteiger charge is 2.26. The number of rotatable bonds is 6. The third-order valence-corrected chi connectivity index (χ3v) is 5.52. The van der Waals surface area contributed by atoms with Gasteiger partial charge in [0.2, 0.25) is 5.91 Å². The van der Waals surface area contributed by atoms with Crippen LogP contribution in [-0.2, 0) is 9.53 Å². The Labute approximate surface area is 171 Å². The zero-order valence-electron chi connectivity index (χ0n) is 14.7. The minimum absolute atomic E-state index is 0.0880. The summed E-state index contributed by atoms with van der Waals surface area (Å²) in [5, 5.41) is 5.77. The number of anilines is 1. The van der Waals surface area contributed by atoms with Crippen LogP contribution in [0.25, 0.3) is 0 Å². The zero-order valence-corrected chi connectivity index (χ0v) is 17.0. The van der Waals surface area contributed by atoms with Crippen LogP contribution in [0.4, 0.5) is 5.13 Å². The van der Waals surface area contributed by atoms with Gasteiger partial charge in [-0.25, -0.2) is 4.98 Å². The summed E-state index contributed by atoms with van der Waals surface area (Å²) >= 11 is 13.4. The molecule has 2 amide bonds. The van der Waals surface area contributed by atoms with Gasteiger partial charge in [0.1, 0.15) is 6.54 Å². The second kappa shape index (κ2) is 9.01. The third kappa shape index (κ3) is 5.42. The average Bonchev–Trinajstić information content (AvgIpc) is 3.25. The molecule has 1 aliphatic heterocycles. The van der Waals surface area contributed by atoms with Crippen molar-refractivity contribution >= 4 is 51.5 Å². The first-order chi connectivity index (χ1) is 12.9. The Morgan fingerprint density at radius 3 is 2.85 bits per heavy atom. The van der Waals surface area contributed by atoms with Gasteiger partial charge in [-0.2, -0.15) is 0 Å². The predicted octanol–water partition coefficient (Wildman–Crippen LogP) is 4.02. The van der Waals surface area contributed by atoms with Gasteiger partial charge in [-0.05, 0) is 38.0 Å². The fourth-order valence-corrected chi connectivity index (χ4v) is 4.02. The maximum Gasteiger partial charge on any atom is 0.255 e. The van der Waals surface area contributed by atoms with E-state index in [4.69, 9.17) is 27.9 Å². The highest BCUT2D eigenvalue weighted by atomic mass is 35.5. The Balaban J connectivity index is 1.74. The molecule has 0 aliphatic carbocycles. The van der Waals surface area contributed by atoms with Gasteiger partial charge < -0.3 is 15.0 Å². The first kappa shape index (κ1) is 20.1. The van der Waals surface area contributed by atoms with Crippen molar-refractivity contribution in [2.24, 2.45) is 0 Å². The van der Waals surface area contributed by atoms with Crippen molar-refractivity contribution in [2.45, 2.75) is 25.9 Å². The van der Waals surface area contributed by atoms with E-state index in [2.05, 4.69) is 10.3 Å². The van der Waals surface area contributed by atoms with Crippen molar-refractivity contribution in [1.29, 1.82) is 0 Å². The minimum Gasteiger partial charge on any atom is -0.376 e. The predicted molar refractivity (Wildman–Crippen MR) is 107 cm³/mol. The van der Waals surface area contributed by atoms with Gasteiger partial charge in [0.25, 0.3) is 5.91 Å². The molecular weight excluding hydrogens is 409 g/mol. The molecule has 1 unspecified atom stereocenters. The van der Waals surface area contributed by atoms with E-state index in [1.54, 1.807) is 12.1 Å². The highest BCUT2D eigenvalue weighted by molar-refractivity contribution is 7.13. The molecule has 0 radical (unpaired) electrons. The number of amides is 2. The van der Waals surface area contributed by atoms with Crippen LogP contribution >= 0.6 is 34.5 Å². The number of thiazole rings is 1. The zero-order chi connectivity index (χ0) is 19.4. The number of carbonyl (C=O) groups excluding carboxylic acids is 2. The summed E-state index contributed by atoms with van der Waals surface area (Å²) in [7, 11) is 0. The van der Waals surface area contributed by atoms with E-state index in [1.165, 1.54) is 22.3 Å². The molecule has 2 aromatic rings. The van der Waals surface area contributed by atoms with Gasteiger partial charge in [-0.3, -0.25) is 9.59 Å². The van der Waals surface area contributed by atoms with Gasteiger partial charge in [0, 0.05) is 23.6 Å². The van der Waals surface area contributed by atoms with Gasteiger partial charge in [0.15, 0.2) is 5.13 Å². The molecule has 1 atom stereocenters. The summed E-state index contributed by atoms with van der Waals surface area (Å²) in [5.41, 5.74) is 1.13. The summed E-state index contributed by atoms with van der Waals surface area (Å²) < 4.78 is 5.63. The summed E-state index contributed by atoms with van der Waals surface area (Å²) in [6.07, 6.45) is 1.71. The number of nitrogens with zero attached hydrogens (tertiary/aromatic N) is 2. The van der Waals surface area contributed by atoms with Crippen LogP contribution in [0, 0.1) is 6.92 Å². The number of carbonyl (C=O) groups is 2. The van der Waals surface area contributed by atoms with E-state index in [0.717, 1.165) is 18.5 Å². The van der Waals surface area contributed by atoms with Crippen molar-refractivity contribution < 1.29 is 14.3 Å². The molecule has 0 saturated carbocycles. The number of aryl methyl sites for hydroxylation is 1. The van der Waals surface area contributed by atoms with Crippen LogP contribution in [0.15, 0.2) is 23.6 Å². The SMILES string of the molecule is Cc1csc(NC(=O)CN(CC2CCCO2)C(=O)c2ccc(Cl)cc2Cl)n1. The average molecular weight is 428 g/mol. The number of ether oxygens (including phenoxy) is 1. The number of halogens is 2. The van der Waals surface area contributed by atoms with Crippen LogP contribution in [0.2, 0.25) is 10.0 Å². The molecule has 0 bridgehead atoms. The molecule has 1 N–H and O–H groups in total. The van der Waals surface area contributed by atoms with Gasteiger partial charge in [-0.15, -0.1) is 11.3 Å². The molecule has 2 heterocycles. The van der Waals surface area contributed by atoms with Crippen molar-refractivity contribution in [3.63, 3.8) is 0 Å². The lowest BCUT2D eigenvalue weighted by molar-refractivity contribution is -0.117. The molecule has 3 rings (SSSR count). The van der Waals surface area contributed by atoms with Crippen LogP contribution in [0.5, 0.6) is 0 Å². The van der Waals surface area contributed by atoms with Crippen molar-refractivity contribution in [3.8, 4) is 0 Å². The topological polar surface area (TPSA) is 71.5 Å². The maximum atomic E-state index is 13.0. The summed E-state index contributed by atoms with van der Waals surface area (Å²) in [6, 6.07) is 4.68. The van der Waals surface area contributed by atoms with Crippen LogP contribution in [0.3, 0.4) is 0 Å². The second-order valence-corrected chi connectivity index (χ2v) is 7.99. The van der Waals surface area contributed by atoms with Gasteiger partial charge in [-0.1, -0.05) is 23.2 Å². The first-order valence-corrected chi connectivity index (χ1v) is 10.1. The Bertz CT molecular complexity index is 837. The molecule has 1 aliphatic rings. The van der Waals surface area contributed by atoms with Gasteiger partial charge >= 0.3 is 0 Å². The number of benzene rings is 1. The van der Waals surface area contributed by atoms with Gasteiger partial charge in [0.05, 0.1) is 22.4 Å². The molecule has 9 heteroatoms. The lowest BCUT2D eigenvalue weighted by Gasteiger charge is -2.25. The smallest absolute Gasteiger partial charge is 0.255 e. The molecule has 144 valence electrons. The standard InChI is InChI=1S/C18H19Cl2N3O3S/c1-11-10-27-18(21-11)22-16(24)9-23(8-13-3-2-6-26-13)17(25)14-5-4-12(19)7-15(14)20/h4-5,7,10,13H,2-3,6,8-9H2,1H3,(H,21,22,24). The number of hydrogen-bond acceptors (Lipinski definition) is 5. The molecule has 6 nitrogen and oxygen atoms in total. The van der Waals surface area contributed by atoms with E-state index >= 15 is 0 Å². The fourth-order valence-electron chi connectivity index (χ4n) is 2.83. The lowest BCUT2D eigenvalue weighted by atomic mass is 10.1. The number of aromatic nitrogens is 1. The van der Waals surface area contributed by atoms with E-state index < -0.39 is 0 Å². The highest BCUT2D eigenvalue weighted by Crippen LogP contribution is 2.23. The monoisotopic (exact) mass is 427 g/mol. The van der Waals surface area contributed by atoms with Crippen LogP contribution in [-0.4, -0.2) is 47.5 Å². The Hall–Kier alpha value is -1.67. The van der Waals surface area contributed by atoms with E-state index in [1.807, 2.05) is 12.3 Å². The third-order valence-electron chi connectivity index (χ3n) is 4.10. The summed E-state index contributed by atoms with van der Waals surface area (Å²) in [5.74, 6) is -0.654. The molecule has 1 saturated heterocycles. The van der Waals surface area contributed by atoms with Crippen molar-refractivity contribution in [1.82, 2.24) is 9.88 Å². The molecule has 0 spiro atoms. The number of hydrogen-bond donors (Lipinski definition) is 1. The fraction of sp³-hybridized carbons (Fsp3) is 0.389. The summed E-state index contributed by atoms with van der Waals surface area (Å²) in [6.45, 7) is 2.72.